The standard InChI is InChI=1S/C15H23N3O/c1-11-5-7-14(8-6-11)17-10-12-3-2-4-13(9-12)15(16)18-19/h2-4,9,11,14,17,19H,5-8,10H2,1H3,(H2,16,18). The van der Waals surface area contributed by atoms with Gasteiger partial charge in [-0.05, 0) is 43.2 Å². The highest BCUT2D eigenvalue weighted by Crippen LogP contribution is 2.23. The lowest BCUT2D eigenvalue weighted by Crippen LogP contribution is -2.32. The molecule has 0 amide bonds. The van der Waals surface area contributed by atoms with Gasteiger partial charge < -0.3 is 16.3 Å². The number of hydrogen-bond donors (Lipinski definition) is 3. The lowest BCUT2D eigenvalue weighted by atomic mass is 9.87. The number of oxime groups is 1. The van der Waals surface area contributed by atoms with Crippen LogP contribution >= 0.6 is 0 Å². The zero-order valence-electron chi connectivity index (χ0n) is 11.5. The van der Waals surface area contributed by atoms with E-state index in [1.165, 1.54) is 31.2 Å². The lowest BCUT2D eigenvalue weighted by Gasteiger charge is -2.27. The van der Waals surface area contributed by atoms with Gasteiger partial charge in [-0.2, -0.15) is 0 Å². The van der Waals surface area contributed by atoms with Crippen LogP contribution < -0.4 is 11.1 Å². The van der Waals surface area contributed by atoms with E-state index in [9.17, 15) is 0 Å². The monoisotopic (exact) mass is 261 g/mol. The van der Waals surface area contributed by atoms with Crippen molar-refractivity contribution in [2.24, 2.45) is 16.8 Å². The maximum Gasteiger partial charge on any atom is 0.170 e. The Morgan fingerprint density at radius 3 is 2.79 bits per heavy atom. The summed E-state index contributed by atoms with van der Waals surface area (Å²) in [7, 11) is 0. The fourth-order valence-corrected chi connectivity index (χ4v) is 2.62. The molecule has 0 unspecified atom stereocenters. The molecule has 19 heavy (non-hydrogen) atoms. The van der Waals surface area contributed by atoms with Crippen LogP contribution in [0.2, 0.25) is 0 Å². The van der Waals surface area contributed by atoms with Gasteiger partial charge in [0.1, 0.15) is 0 Å². The minimum Gasteiger partial charge on any atom is -0.409 e. The minimum atomic E-state index is 0.161. The Morgan fingerprint density at radius 2 is 2.11 bits per heavy atom. The topological polar surface area (TPSA) is 70.6 Å². The Labute approximate surface area is 114 Å². The summed E-state index contributed by atoms with van der Waals surface area (Å²) in [6, 6.07) is 8.44. The van der Waals surface area contributed by atoms with E-state index in [1.54, 1.807) is 0 Å². The van der Waals surface area contributed by atoms with Gasteiger partial charge in [0.25, 0.3) is 0 Å². The van der Waals surface area contributed by atoms with E-state index in [1.807, 2.05) is 18.2 Å². The van der Waals surface area contributed by atoms with Crippen molar-refractivity contribution in [1.82, 2.24) is 5.32 Å². The molecule has 0 aliphatic heterocycles. The van der Waals surface area contributed by atoms with Gasteiger partial charge in [-0.25, -0.2) is 0 Å². The number of benzene rings is 1. The molecule has 0 bridgehead atoms. The maximum absolute atomic E-state index is 8.69. The van der Waals surface area contributed by atoms with E-state index in [2.05, 4.69) is 23.5 Å². The second kappa shape index (κ2) is 6.57. The van der Waals surface area contributed by atoms with Crippen LogP contribution in [-0.4, -0.2) is 17.1 Å². The van der Waals surface area contributed by atoms with Gasteiger partial charge in [0, 0.05) is 18.2 Å². The van der Waals surface area contributed by atoms with E-state index >= 15 is 0 Å². The number of nitrogens with two attached hydrogens (primary N) is 1. The maximum atomic E-state index is 8.69. The van der Waals surface area contributed by atoms with Crippen LogP contribution in [0.15, 0.2) is 29.4 Å². The molecule has 1 aromatic carbocycles. The van der Waals surface area contributed by atoms with Gasteiger partial charge in [0.15, 0.2) is 5.84 Å². The Morgan fingerprint density at radius 1 is 1.37 bits per heavy atom. The number of amidine groups is 1. The Balaban J connectivity index is 1.89. The molecular weight excluding hydrogens is 238 g/mol. The fourth-order valence-electron chi connectivity index (χ4n) is 2.62. The van der Waals surface area contributed by atoms with Crippen LogP contribution in [0.4, 0.5) is 0 Å². The first kappa shape index (κ1) is 13.9. The summed E-state index contributed by atoms with van der Waals surface area (Å²) in [5.74, 6) is 1.04. The zero-order chi connectivity index (χ0) is 13.7. The highest BCUT2D eigenvalue weighted by molar-refractivity contribution is 5.97. The van der Waals surface area contributed by atoms with Gasteiger partial charge in [0.2, 0.25) is 0 Å². The molecule has 0 spiro atoms. The van der Waals surface area contributed by atoms with E-state index in [-0.39, 0.29) is 5.84 Å². The molecule has 0 saturated heterocycles. The second-order valence-corrected chi connectivity index (χ2v) is 5.52. The molecule has 0 atom stereocenters. The predicted molar refractivity (Wildman–Crippen MR) is 77.2 cm³/mol. The molecule has 0 radical (unpaired) electrons. The van der Waals surface area contributed by atoms with E-state index in [0.717, 1.165) is 18.0 Å². The average molecular weight is 261 g/mol. The molecule has 1 aliphatic rings. The quantitative estimate of drug-likeness (QED) is 0.337. The van der Waals surface area contributed by atoms with Crippen molar-refractivity contribution in [1.29, 1.82) is 0 Å². The summed E-state index contributed by atoms with van der Waals surface area (Å²) in [5, 5.41) is 15.3. The number of rotatable bonds is 4. The smallest absolute Gasteiger partial charge is 0.170 e. The van der Waals surface area contributed by atoms with Crippen molar-refractivity contribution < 1.29 is 5.21 Å². The van der Waals surface area contributed by atoms with Gasteiger partial charge in [-0.15, -0.1) is 0 Å². The molecule has 0 heterocycles. The number of nitrogens with zero attached hydrogens (tertiary/aromatic N) is 1. The van der Waals surface area contributed by atoms with Crippen LogP contribution in [-0.2, 0) is 6.54 Å². The highest BCUT2D eigenvalue weighted by atomic mass is 16.4. The van der Waals surface area contributed by atoms with Crippen molar-refractivity contribution in [3.8, 4) is 0 Å². The van der Waals surface area contributed by atoms with Crippen LogP contribution in [0.25, 0.3) is 0 Å². The van der Waals surface area contributed by atoms with Crippen LogP contribution in [0, 0.1) is 5.92 Å². The first-order valence-corrected chi connectivity index (χ1v) is 6.99. The summed E-state index contributed by atoms with van der Waals surface area (Å²) in [6.07, 6.45) is 5.17. The van der Waals surface area contributed by atoms with Gasteiger partial charge in [-0.1, -0.05) is 30.3 Å². The van der Waals surface area contributed by atoms with Gasteiger partial charge in [-0.3, -0.25) is 0 Å². The van der Waals surface area contributed by atoms with Crippen molar-refractivity contribution in [2.75, 3.05) is 0 Å². The minimum absolute atomic E-state index is 0.161. The largest absolute Gasteiger partial charge is 0.409 e. The van der Waals surface area contributed by atoms with Gasteiger partial charge in [0.05, 0.1) is 0 Å². The van der Waals surface area contributed by atoms with E-state index < -0.39 is 0 Å². The molecule has 104 valence electrons. The van der Waals surface area contributed by atoms with Crippen molar-refractivity contribution in [3.05, 3.63) is 35.4 Å². The third-order valence-electron chi connectivity index (χ3n) is 3.94. The second-order valence-electron chi connectivity index (χ2n) is 5.52. The van der Waals surface area contributed by atoms with Crippen LogP contribution in [0.1, 0.15) is 43.7 Å². The van der Waals surface area contributed by atoms with Crippen molar-refractivity contribution in [3.63, 3.8) is 0 Å². The first-order valence-electron chi connectivity index (χ1n) is 6.99. The molecule has 2 rings (SSSR count). The predicted octanol–water partition coefficient (Wildman–Crippen LogP) is 2.45. The molecule has 1 aliphatic carbocycles. The van der Waals surface area contributed by atoms with Gasteiger partial charge >= 0.3 is 0 Å². The van der Waals surface area contributed by atoms with Crippen LogP contribution in [0.5, 0.6) is 0 Å². The third-order valence-corrected chi connectivity index (χ3v) is 3.94. The Bertz CT molecular complexity index is 437. The van der Waals surface area contributed by atoms with Crippen molar-refractivity contribution >= 4 is 5.84 Å². The van der Waals surface area contributed by atoms with Crippen LogP contribution in [0.3, 0.4) is 0 Å². The van der Waals surface area contributed by atoms with E-state index in [0.29, 0.717) is 6.04 Å². The molecule has 1 saturated carbocycles. The molecule has 1 aromatic rings. The Kier molecular flexibility index (Phi) is 4.80. The normalized spacial score (nSPS) is 24.4. The first-order chi connectivity index (χ1) is 9.19. The molecular formula is C15H23N3O. The molecule has 1 fully saturated rings. The van der Waals surface area contributed by atoms with Crippen molar-refractivity contribution in [2.45, 2.75) is 45.2 Å². The molecule has 0 aromatic heterocycles. The fraction of sp³-hybridized carbons (Fsp3) is 0.533. The summed E-state index contributed by atoms with van der Waals surface area (Å²) < 4.78 is 0. The molecule has 4 N–H and O–H groups in total. The summed E-state index contributed by atoms with van der Waals surface area (Å²) in [4.78, 5) is 0. The van der Waals surface area contributed by atoms with E-state index in [4.69, 9.17) is 10.9 Å². The summed E-state index contributed by atoms with van der Waals surface area (Å²) in [5.41, 5.74) is 7.53. The average Bonchev–Trinajstić information content (AvgIpc) is 2.46. The number of nitrogens with one attached hydrogen (secondary N) is 1. The molecule has 4 heteroatoms. The molecule has 4 nitrogen and oxygen atoms in total. The Hall–Kier alpha value is -1.55. The summed E-state index contributed by atoms with van der Waals surface area (Å²) >= 11 is 0. The summed E-state index contributed by atoms with van der Waals surface area (Å²) in [6.45, 7) is 3.17. The SMILES string of the molecule is CC1CCC(NCc2cccc(/C(N)=N/O)c2)CC1. The lowest BCUT2D eigenvalue weighted by molar-refractivity contribution is 0.306. The third kappa shape index (κ3) is 3.96. The highest BCUT2D eigenvalue weighted by Gasteiger charge is 2.17. The number of hydrogen-bond acceptors (Lipinski definition) is 3. The zero-order valence-corrected chi connectivity index (χ0v) is 11.5.